The Hall–Kier alpha value is -3.21. The van der Waals surface area contributed by atoms with Crippen molar-refractivity contribution in [1.82, 2.24) is 9.91 Å². The summed E-state index contributed by atoms with van der Waals surface area (Å²) in [4.78, 5) is 30.9. The molecule has 1 fully saturated rings. The molecule has 0 aliphatic carbocycles. The molecule has 0 radical (unpaired) electrons. The second-order valence-corrected chi connectivity index (χ2v) is 8.87. The fraction of sp³-hybridized carbons (Fsp3) is 0.227. The summed E-state index contributed by atoms with van der Waals surface area (Å²) in [6.45, 7) is 2.12. The third kappa shape index (κ3) is 4.50. The quantitative estimate of drug-likeness (QED) is 0.666. The predicted molar refractivity (Wildman–Crippen MR) is 126 cm³/mol. The maximum Gasteiger partial charge on any atom is 0.283 e. The SMILES string of the molecule is N=C1C(=Cc2ccc(-c3cccc(Cl)c3)o2)C(=O)N=C2SC(CC(=O)N3CCOCC3)=NN12. The van der Waals surface area contributed by atoms with Crippen LogP contribution in [0, 0.1) is 5.41 Å². The summed E-state index contributed by atoms with van der Waals surface area (Å²) >= 11 is 7.17. The van der Waals surface area contributed by atoms with Gasteiger partial charge in [0.2, 0.25) is 11.1 Å². The number of furan rings is 1. The summed E-state index contributed by atoms with van der Waals surface area (Å²) in [6, 6.07) is 10.7. The van der Waals surface area contributed by atoms with Gasteiger partial charge in [0, 0.05) is 23.7 Å². The van der Waals surface area contributed by atoms with Crippen LogP contribution in [0.5, 0.6) is 0 Å². The lowest BCUT2D eigenvalue weighted by Crippen LogP contribution is -2.41. The summed E-state index contributed by atoms with van der Waals surface area (Å²) in [7, 11) is 0. The molecule has 4 heterocycles. The van der Waals surface area contributed by atoms with Crippen LogP contribution in [0.25, 0.3) is 17.4 Å². The average Bonchev–Trinajstić information content (AvgIpc) is 3.44. The van der Waals surface area contributed by atoms with Crippen molar-refractivity contribution in [2.75, 3.05) is 26.3 Å². The lowest BCUT2D eigenvalue weighted by Gasteiger charge is -2.26. The maximum atomic E-state index is 12.6. The van der Waals surface area contributed by atoms with Gasteiger partial charge in [-0.25, -0.2) is 0 Å². The fourth-order valence-corrected chi connectivity index (χ4v) is 4.59. The van der Waals surface area contributed by atoms with Gasteiger partial charge in [0.25, 0.3) is 5.91 Å². The number of rotatable bonds is 4. The molecule has 0 atom stereocenters. The smallest absolute Gasteiger partial charge is 0.283 e. The largest absolute Gasteiger partial charge is 0.457 e. The maximum absolute atomic E-state index is 12.6. The van der Waals surface area contributed by atoms with Crippen LogP contribution >= 0.6 is 23.4 Å². The molecular formula is C22H18ClN5O4S. The van der Waals surface area contributed by atoms with Gasteiger partial charge in [0.15, 0.2) is 5.84 Å². The van der Waals surface area contributed by atoms with Crippen molar-refractivity contribution < 1.29 is 18.7 Å². The first-order chi connectivity index (χ1) is 16.0. The third-order valence-corrected chi connectivity index (χ3v) is 6.33. The number of thioether (sulfide) groups is 1. The van der Waals surface area contributed by atoms with Crippen molar-refractivity contribution in [1.29, 1.82) is 5.41 Å². The molecule has 0 unspecified atom stereocenters. The predicted octanol–water partition coefficient (Wildman–Crippen LogP) is 3.47. The zero-order valence-electron chi connectivity index (χ0n) is 17.3. The molecule has 0 saturated carbocycles. The van der Waals surface area contributed by atoms with E-state index in [4.69, 9.17) is 26.2 Å². The number of carbonyl (C=O) groups excluding carboxylic acids is 2. The van der Waals surface area contributed by atoms with E-state index in [9.17, 15) is 9.59 Å². The number of hydrogen-bond donors (Lipinski definition) is 1. The Bertz CT molecular complexity index is 1240. The molecule has 1 saturated heterocycles. The van der Waals surface area contributed by atoms with Gasteiger partial charge in [-0.15, -0.1) is 0 Å². The van der Waals surface area contributed by atoms with Crippen LogP contribution < -0.4 is 0 Å². The minimum Gasteiger partial charge on any atom is -0.457 e. The summed E-state index contributed by atoms with van der Waals surface area (Å²) in [5.74, 6) is 0.238. The molecule has 2 amide bonds. The highest BCUT2D eigenvalue weighted by Crippen LogP contribution is 2.31. The van der Waals surface area contributed by atoms with Crippen LogP contribution in [0.15, 0.2) is 56.5 Å². The van der Waals surface area contributed by atoms with E-state index in [1.165, 1.54) is 11.1 Å². The van der Waals surface area contributed by atoms with Crippen molar-refractivity contribution in [2.45, 2.75) is 6.42 Å². The minimum absolute atomic E-state index is 0.0517. The van der Waals surface area contributed by atoms with Gasteiger partial charge in [-0.1, -0.05) is 23.7 Å². The number of amidine groups is 2. The van der Waals surface area contributed by atoms with E-state index in [0.29, 0.717) is 47.9 Å². The monoisotopic (exact) mass is 483 g/mol. The topological polar surface area (TPSA) is 112 Å². The van der Waals surface area contributed by atoms with Crippen molar-refractivity contribution in [3.63, 3.8) is 0 Å². The molecule has 9 nitrogen and oxygen atoms in total. The molecule has 1 N–H and O–H groups in total. The Morgan fingerprint density at radius 1 is 1.24 bits per heavy atom. The number of halogens is 1. The minimum atomic E-state index is -0.560. The first-order valence-corrected chi connectivity index (χ1v) is 11.4. The number of fused-ring (bicyclic) bond motifs is 1. The summed E-state index contributed by atoms with van der Waals surface area (Å²) in [5, 5.41) is 15.5. The lowest BCUT2D eigenvalue weighted by atomic mass is 10.1. The van der Waals surface area contributed by atoms with E-state index >= 15 is 0 Å². The standard InChI is InChI=1S/C22H18ClN5O4S/c23-14-3-1-2-13(10-14)17-5-4-15(32-17)11-16-20(24)28-22(25-21(16)30)33-18(26-28)12-19(29)27-6-8-31-9-7-27/h1-5,10-11,24H,6-9,12H2. The normalized spacial score (nSPS) is 19.6. The summed E-state index contributed by atoms with van der Waals surface area (Å²) < 4.78 is 11.1. The van der Waals surface area contributed by atoms with Gasteiger partial charge in [0.05, 0.1) is 25.2 Å². The number of nitrogens with zero attached hydrogens (tertiary/aromatic N) is 4. The lowest BCUT2D eigenvalue weighted by molar-refractivity contribution is -0.133. The van der Waals surface area contributed by atoms with Gasteiger partial charge in [0.1, 0.15) is 16.6 Å². The van der Waals surface area contributed by atoms with Crippen LogP contribution in [0.4, 0.5) is 0 Å². The molecule has 11 heteroatoms. The Morgan fingerprint density at radius 2 is 2.06 bits per heavy atom. The van der Waals surface area contributed by atoms with Crippen LogP contribution in [0.3, 0.4) is 0 Å². The number of hydrazone groups is 1. The molecule has 168 valence electrons. The molecule has 3 aliphatic heterocycles. The zero-order chi connectivity index (χ0) is 22.9. The molecule has 1 aromatic heterocycles. The van der Waals surface area contributed by atoms with Gasteiger partial charge in [-0.05, 0) is 42.1 Å². The Balaban J connectivity index is 1.33. The van der Waals surface area contributed by atoms with Crippen LogP contribution in [0.1, 0.15) is 12.2 Å². The van der Waals surface area contributed by atoms with Crippen LogP contribution in [0.2, 0.25) is 5.02 Å². The van der Waals surface area contributed by atoms with E-state index in [1.54, 1.807) is 29.2 Å². The number of nitrogens with one attached hydrogen (secondary N) is 1. The van der Waals surface area contributed by atoms with Gasteiger partial charge >= 0.3 is 0 Å². The molecule has 0 bridgehead atoms. The Kier molecular flexibility index (Phi) is 5.88. The molecule has 33 heavy (non-hydrogen) atoms. The van der Waals surface area contributed by atoms with E-state index in [-0.39, 0.29) is 28.9 Å². The van der Waals surface area contributed by atoms with Crippen LogP contribution in [-0.2, 0) is 14.3 Å². The number of morpholine rings is 1. The molecule has 5 rings (SSSR count). The second-order valence-electron chi connectivity index (χ2n) is 7.40. The highest BCUT2D eigenvalue weighted by molar-refractivity contribution is 8.27. The van der Waals surface area contributed by atoms with E-state index < -0.39 is 5.91 Å². The molecule has 2 aromatic rings. The highest BCUT2D eigenvalue weighted by atomic mass is 35.5. The zero-order valence-corrected chi connectivity index (χ0v) is 18.9. The fourth-order valence-electron chi connectivity index (χ4n) is 3.53. The molecule has 3 aliphatic rings. The molecule has 1 aromatic carbocycles. The van der Waals surface area contributed by atoms with Crippen molar-refractivity contribution in [2.24, 2.45) is 10.1 Å². The number of aliphatic imine (C=N–C) groups is 1. The Morgan fingerprint density at radius 3 is 2.85 bits per heavy atom. The number of ether oxygens (including phenoxy) is 1. The van der Waals surface area contributed by atoms with Gasteiger partial charge in [-0.2, -0.15) is 15.1 Å². The van der Waals surface area contributed by atoms with Crippen molar-refractivity contribution >= 4 is 57.3 Å². The summed E-state index contributed by atoms with van der Waals surface area (Å²) in [6.07, 6.45) is 1.55. The first kappa shape index (κ1) is 21.6. The second kappa shape index (κ2) is 8.97. The van der Waals surface area contributed by atoms with Crippen molar-refractivity contribution in [3.05, 3.63) is 52.8 Å². The molecular weight excluding hydrogens is 466 g/mol. The number of benzene rings is 1. The van der Waals surface area contributed by atoms with Crippen LogP contribution in [-0.4, -0.2) is 64.1 Å². The van der Waals surface area contributed by atoms with E-state index in [2.05, 4.69) is 10.1 Å². The summed E-state index contributed by atoms with van der Waals surface area (Å²) in [5.41, 5.74) is 0.850. The highest BCUT2D eigenvalue weighted by Gasteiger charge is 2.36. The first-order valence-electron chi connectivity index (χ1n) is 10.2. The number of amides is 2. The Labute approximate surface area is 198 Å². The van der Waals surface area contributed by atoms with E-state index in [1.807, 2.05) is 12.1 Å². The van der Waals surface area contributed by atoms with Crippen molar-refractivity contribution in [3.8, 4) is 11.3 Å². The average molecular weight is 484 g/mol. The third-order valence-electron chi connectivity index (χ3n) is 5.19. The number of hydrogen-bond acceptors (Lipinski definition) is 7. The van der Waals surface area contributed by atoms with E-state index in [0.717, 1.165) is 17.3 Å². The van der Waals surface area contributed by atoms with Gasteiger partial charge in [-0.3, -0.25) is 15.0 Å². The molecule has 0 spiro atoms. The number of carbonyl (C=O) groups is 2. The van der Waals surface area contributed by atoms with Gasteiger partial charge < -0.3 is 14.1 Å².